The third-order valence-electron chi connectivity index (χ3n) is 4.55. The van der Waals surface area contributed by atoms with E-state index in [4.69, 9.17) is 5.73 Å². The Hall–Kier alpha value is -2.31. The summed E-state index contributed by atoms with van der Waals surface area (Å²) in [6.07, 6.45) is 5.68. The molecule has 1 unspecified atom stereocenters. The van der Waals surface area contributed by atoms with Crippen molar-refractivity contribution in [2.24, 2.45) is 11.7 Å². The lowest BCUT2D eigenvalue weighted by Crippen LogP contribution is -2.46. The molecule has 7 nitrogen and oxygen atoms in total. The van der Waals surface area contributed by atoms with E-state index in [1.54, 1.807) is 6.20 Å². The summed E-state index contributed by atoms with van der Waals surface area (Å²) < 4.78 is 0. The lowest BCUT2D eigenvalue weighted by atomic mass is 9.97. The first-order valence-electron chi connectivity index (χ1n) is 8.20. The van der Waals surface area contributed by atoms with Crippen LogP contribution in [-0.2, 0) is 4.79 Å². The van der Waals surface area contributed by atoms with Crippen molar-refractivity contribution in [1.82, 2.24) is 9.88 Å². The highest BCUT2D eigenvalue weighted by Crippen LogP contribution is 2.21. The molecule has 2 fully saturated rings. The molecule has 3 rings (SSSR count). The number of nitrogens with one attached hydrogen (secondary N) is 1. The van der Waals surface area contributed by atoms with E-state index in [1.165, 1.54) is 17.7 Å². The van der Waals surface area contributed by atoms with Crippen LogP contribution in [0.15, 0.2) is 18.3 Å². The Labute approximate surface area is 135 Å². The van der Waals surface area contributed by atoms with Gasteiger partial charge in [0.05, 0.1) is 17.8 Å². The van der Waals surface area contributed by atoms with E-state index in [0.717, 1.165) is 31.7 Å². The van der Waals surface area contributed by atoms with E-state index in [-0.39, 0.29) is 11.8 Å². The number of hydrogen-bond acceptors (Lipinski definition) is 4. The summed E-state index contributed by atoms with van der Waals surface area (Å²) in [4.78, 5) is 31.8. The van der Waals surface area contributed by atoms with E-state index >= 15 is 0 Å². The number of carbonyl (C=O) groups excluding carboxylic acids is 2. The van der Waals surface area contributed by atoms with Crippen molar-refractivity contribution in [3.05, 3.63) is 18.3 Å². The first-order valence-corrected chi connectivity index (χ1v) is 8.20. The molecule has 2 aliphatic heterocycles. The highest BCUT2D eigenvalue weighted by atomic mass is 16.2. The minimum absolute atomic E-state index is 0.0772. The van der Waals surface area contributed by atoms with Crippen LogP contribution < -0.4 is 16.0 Å². The summed E-state index contributed by atoms with van der Waals surface area (Å²) in [6.45, 7) is 3.11. The van der Waals surface area contributed by atoms with Gasteiger partial charge in [-0.25, -0.2) is 9.78 Å². The molecular weight excluding hydrogens is 294 g/mol. The summed E-state index contributed by atoms with van der Waals surface area (Å²) in [7, 11) is 0. The van der Waals surface area contributed by atoms with Crippen molar-refractivity contribution in [3.63, 3.8) is 0 Å². The van der Waals surface area contributed by atoms with Crippen LogP contribution in [0.4, 0.5) is 16.3 Å². The van der Waals surface area contributed by atoms with E-state index in [2.05, 4.69) is 15.2 Å². The molecule has 0 radical (unpaired) electrons. The van der Waals surface area contributed by atoms with Gasteiger partial charge in [-0.3, -0.25) is 4.79 Å². The molecule has 1 atom stereocenters. The minimum Gasteiger partial charge on any atom is -0.357 e. The fourth-order valence-corrected chi connectivity index (χ4v) is 3.23. The second-order valence-corrected chi connectivity index (χ2v) is 6.21. The van der Waals surface area contributed by atoms with Gasteiger partial charge in [-0.2, -0.15) is 0 Å². The molecular formula is C16H23N5O2. The fourth-order valence-electron chi connectivity index (χ4n) is 3.23. The number of likely N-dealkylation sites (tertiary alicyclic amines) is 1. The maximum atomic E-state index is 12.3. The first kappa shape index (κ1) is 15.6. The number of nitrogens with two attached hydrogens (primary N) is 1. The number of urea groups is 1. The van der Waals surface area contributed by atoms with E-state index in [0.29, 0.717) is 18.8 Å². The summed E-state index contributed by atoms with van der Waals surface area (Å²) in [5.41, 5.74) is 5.99. The molecule has 3 heterocycles. The largest absolute Gasteiger partial charge is 0.357 e. The maximum Gasteiger partial charge on any atom is 0.314 e. The summed E-state index contributed by atoms with van der Waals surface area (Å²) in [5.74, 6) is 0.666. The minimum atomic E-state index is -0.459. The third-order valence-corrected chi connectivity index (χ3v) is 4.55. The molecule has 124 valence electrons. The number of aromatic nitrogens is 1. The monoisotopic (exact) mass is 317 g/mol. The summed E-state index contributed by atoms with van der Waals surface area (Å²) in [6, 6.07) is 3.37. The maximum absolute atomic E-state index is 12.3. The van der Waals surface area contributed by atoms with Crippen LogP contribution in [-0.4, -0.2) is 48.0 Å². The summed E-state index contributed by atoms with van der Waals surface area (Å²) >= 11 is 0. The number of pyridine rings is 1. The lowest BCUT2D eigenvalue weighted by Gasteiger charge is -2.30. The van der Waals surface area contributed by atoms with Crippen LogP contribution in [0.1, 0.15) is 25.7 Å². The highest BCUT2D eigenvalue weighted by molar-refractivity contribution is 5.93. The molecule has 0 aromatic carbocycles. The van der Waals surface area contributed by atoms with Crippen molar-refractivity contribution in [3.8, 4) is 0 Å². The van der Waals surface area contributed by atoms with Crippen molar-refractivity contribution >= 4 is 23.4 Å². The third kappa shape index (κ3) is 3.72. The number of nitrogens with zero attached hydrogens (tertiary/aromatic N) is 3. The Morgan fingerprint density at radius 1 is 1.17 bits per heavy atom. The Kier molecular flexibility index (Phi) is 4.64. The molecule has 2 saturated heterocycles. The first-order chi connectivity index (χ1) is 11.1. The van der Waals surface area contributed by atoms with Crippen LogP contribution in [0, 0.1) is 5.92 Å². The second-order valence-electron chi connectivity index (χ2n) is 6.21. The normalized spacial score (nSPS) is 21.3. The van der Waals surface area contributed by atoms with Gasteiger partial charge in [0.15, 0.2) is 0 Å². The predicted octanol–water partition coefficient (Wildman–Crippen LogP) is 1.41. The SMILES string of the molecule is NC(=O)N1CCCC(C(=O)Nc2ccc(N3CCCC3)nc2)C1. The fraction of sp³-hybridized carbons (Fsp3) is 0.562. The molecule has 1 aromatic rings. The van der Waals surface area contributed by atoms with Gasteiger partial charge < -0.3 is 20.9 Å². The summed E-state index contributed by atoms with van der Waals surface area (Å²) in [5, 5.41) is 2.89. The van der Waals surface area contributed by atoms with Gasteiger partial charge in [-0.1, -0.05) is 0 Å². The van der Waals surface area contributed by atoms with Crippen LogP contribution in [0.3, 0.4) is 0 Å². The topological polar surface area (TPSA) is 91.6 Å². The van der Waals surface area contributed by atoms with Crippen LogP contribution in [0.25, 0.3) is 0 Å². The van der Waals surface area contributed by atoms with Gasteiger partial charge in [-0.15, -0.1) is 0 Å². The van der Waals surface area contributed by atoms with Crippen molar-refractivity contribution in [1.29, 1.82) is 0 Å². The van der Waals surface area contributed by atoms with Gasteiger partial charge >= 0.3 is 6.03 Å². The predicted molar refractivity (Wildman–Crippen MR) is 88.2 cm³/mol. The molecule has 0 spiro atoms. The zero-order valence-electron chi connectivity index (χ0n) is 13.2. The lowest BCUT2D eigenvalue weighted by molar-refractivity contribution is -0.121. The molecule has 0 bridgehead atoms. The molecule has 1 aromatic heterocycles. The Balaban J connectivity index is 1.57. The molecule has 0 aliphatic carbocycles. The van der Waals surface area contributed by atoms with Crippen molar-refractivity contribution in [2.75, 3.05) is 36.4 Å². The number of primary amides is 1. The van der Waals surface area contributed by atoms with Gasteiger partial charge in [0, 0.05) is 26.2 Å². The molecule has 3 amide bonds. The molecule has 23 heavy (non-hydrogen) atoms. The second kappa shape index (κ2) is 6.85. The van der Waals surface area contributed by atoms with Gasteiger partial charge in [0.25, 0.3) is 0 Å². The van der Waals surface area contributed by atoms with Gasteiger partial charge in [-0.05, 0) is 37.8 Å². The number of carbonyl (C=O) groups is 2. The number of hydrogen-bond donors (Lipinski definition) is 2. The Bertz CT molecular complexity index is 568. The molecule has 2 aliphatic rings. The van der Waals surface area contributed by atoms with Crippen LogP contribution in [0.5, 0.6) is 0 Å². The highest BCUT2D eigenvalue weighted by Gasteiger charge is 2.27. The van der Waals surface area contributed by atoms with Gasteiger partial charge in [0.2, 0.25) is 5.91 Å². The van der Waals surface area contributed by atoms with E-state index in [1.807, 2.05) is 12.1 Å². The number of piperidine rings is 1. The number of amides is 3. The quantitative estimate of drug-likeness (QED) is 0.882. The molecule has 3 N–H and O–H groups in total. The zero-order valence-corrected chi connectivity index (χ0v) is 13.2. The average Bonchev–Trinajstić information content (AvgIpc) is 3.10. The van der Waals surface area contributed by atoms with Crippen LogP contribution in [0.2, 0.25) is 0 Å². The number of anilines is 2. The Morgan fingerprint density at radius 2 is 1.96 bits per heavy atom. The zero-order chi connectivity index (χ0) is 16.2. The Morgan fingerprint density at radius 3 is 2.61 bits per heavy atom. The van der Waals surface area contributed by atoms with Crippen molar-refractivity contribution < 1.29 is 9.59 Å². The molecule has 0 saturated carbocycles. The number of rotatable bonds is 3. The van der Waals surface area contributed by atoms with E-state index in [9.17, 15) is 9.59 Å². The van der Waals surface area contributed by atoms with Gasteiger partial charge in [0.1, 0.15) is 5.82 Å². The molecule has 7 heteroatoms. The average molecular weight is 317 g/mol. The van der Waals surface area contributed by atoms with Crippen LogP contribution >= 0.6 is 0 Å². The standard InChI is InChI=1S/C16H23N5O2/c17-16(23)21-9-3-4-12(11-21)15(22)19-13-5-6-14(18-10-13)20-7-1-2-8-20/h5-6,10,12H,1-4,7-9,11H2,(H2,17,23)(H,19,22). The van der Waals surface area contributed by atoms with E-state index < -0.39 is 6.03 Å². The van der Waals surface area contributed by atoms with Crippen molar-refractivity contribution in [2.45, 2.75) is 25.7 Å². The smallest absolute Gasteiger partial charge is 0.314 e.